The molecule has 172 valence electrons. The summed E-state index contributed by atoms with van der Waals surface area (Å²) in [5.74, 6) is 5.98. The van der Waals surface area contributed by atoms with Crippen molar-refractivity contribution >= 4 is 23.1 Å². The number of hydrogen-bond donors (Lipinski definition) is 1. The standard InChI is InChI=1S/C23H26N6O4/c1-3-4-12-28-18-19(25-22(28)27-13-10-24-11-14-27)26(2)23(32)29(20(18)30)15-16-33-21(31)17-8-6-5-7-9-17/h5-9,24H,10-16H2,1-2H3. The topological polar surface area (TPSA) is 103 Å². The van der Waals surface area contributed by atoms with Gasteiger partial charge in [-0.3, -0.25) is 18.5 Å². The van der Waals surface area contributed by atoms with Crippen LogP contribution in [0.2, 0.25) is 0 Å². The Balaban J connectivity index is 1.70. The highest BCUT2D eigenvalue weighted by Crippen LogP contribution is 2.20. The van der Waals surface area contributed by atoms with Gasteiger partial charge in [0.25, 0.3) is 5.56 Å². The molecule has 33 heavy (non-hydrogen) atoms. The van der Waals surface area contributed by atoms with Crippen molar-refractivity contribution in [1.82, 2.24) is 24.0 Å². The highest BCUT2D eigenvalue weighted by atomic mass is 16.5. The molecule has 0 atom stereocenters. The molecule has 1 saturated heterocycles. The molecule has 0 bridgehead atoms. The Morgan fingerprint density at radius 2 is 1.88 bits per heavy atom. The van der Waals surface area contributed by atoms with Crippen molar-refractivity contribution in [1.29, 1.82) is 0 Å². The number of carbonyl (C=O) groups excluding carboxylic acids is 1. The molecule has 1 aromatic carbocycles. The Morgan fingerprint density at radius 1 is 1.15 bits per heavy atom. The van der Waals surface area contributed by atoms with Crippen LogP contribution in [0.1, 0.15) is 17.3 Å². The van der Waals surface area contributed by atoms with E-state index in [4.69, 9.17) is 4.74 Å². The minimum atomic E-state index is -0.513. The number of aryl methyl sites for hydroxylation is 1. The number of nitrogens with one attached hydrogen (secondary N) is 1. The van der Waals surface area contributed by atoms with Gasteiger partial charge in [0.1, 0.15) is 6.61 Å². The smallest absolute Gasteiger partial charge is 0.338 e. The number of aromatic nitrogens is 4. The van der Waals surface area contributed by atoms with Crippen molar-refractivity contribution in [3.63, 3.8) is 0 Å². The van der Waals surface area contributed by atoms with Crippen molar-refractivity contribution in [3.05, 3.63) is 56.7 Å². The van der Waals surface area contributed by atoms with Crippen LogP contribution in [0.3, 0.4) is 0 Å². The maximum atomic E-state index is 13.4. The number of anilines is 1. The van der Waals surface area contributed by atoms with Gasteiger partial charge >= 0.3 is 11.7 Å². The van der Waals surface area contributed by atoms with Crippen LogP contribution in [0, 0.1) is 11.8 Å². The molecule has 10 heteroatoms. The van der Waals surface area contributed by atoms with Crippen LogP contribution in [0.15, 0.2) is 39.9 Å². The monoisotopic (exact) mass is 450 g/mol. The van der Waals surface area contributed by atoms with Crippen molar-refractivity contribution in [2.24, 2.45) is 7.05 Å². The van der Waals surface area contributed by atoms with Gasteiger partial charge in [0.2, 0.25) is 5.95 Å². The summed E-state index contributed by atoms with van der Waals surface area (Å²) in [4.78, 5) is 45.3. The number of carbonyl (C=O) groups is 1. The molecule has 3 aromatic rings. The van der Waals surface area contributed by atoms with Gasteiger partial charge < -0.3 is 15.0 Å². The third kappa shape index (κ3) is 4.40. The van der Waals surface area contributed by atoms with Gasteiger partial charge in [-0.25, -0.2) is 9.59 Å². The lowest BCUT2D eigenvalue weighted by atomic mass is 10.2. The summed E-state index contributed by atoms with van der Waals surface area (Å²) in [5.41, 5.74) is 0.0406. The van der Waals surface area contributed by atoms with Crippen molar-refractivity contribution in [2.75, 3.05) is 37.7 Å². The third-order valence-corrected chi connectivity index (χ3v) is 5.58. The average Bonchev–Trinajstić information content (AvgIpc) is 3.24. The summed E-state index contributed by atoms with van der Waals surface area (Å²) in [6, 6.07) is 8.56. The van der Waals surface area contributed by atoms with Crippen LogP contribution in [0.4, 0.5) is 5.95 Å². The lowest BCUT2D eigenvalue weighted by Gasteiger charge is -2.28. The number of piperazine rings is 1. The average molecular weight is 450 g/mol. The van der Waals surface area contributed by atoms with E-state index in [0.29, 0.717) is 22.7 Å². The van der Waals surface area contributed by atoms with E-state index in [1.807, 2.05) is 0 Å². The molecule has 4 rings (SSSR count). The predicted molar refractivity (Wildman–Crippen MR) is 124 cm³/mol. The Morgan fingerprint density at radius 3 is 2.58 bits per heavy atom. The lowest BCUT2D eigenvalue weighted by molar-refractivity contribution is 0.0488. The molecule has 1 fully saturated rings. The van der Waals surface area contributed by atoms with E-state index in [9.17, 15) is 14.4 Å². The quantitative estimate of drug-likeness (QED) is 0.422. The molecule has 2 aromatic heterocycles. The largest absolute Gasteiger partial charge is 0.460 e. The number of nitrogens with zero attached hydrogens (tertiary/aromatic N) is 5. The van der Waals surface area contributed by atoms with Gasteiger partial charge in [-0.1, -0.05) is 24.1 Å². The number of imidazole rings is 1. The number of fused-ring (bicyclic) bond motifs is 1. The van der Waals surface area contributed by atoms with E-state index < -0.39 is 17.2 Å². The Bertz CT molecular complexity index is 1340. The van der Waals surface area contributed by atoms with E-state index in [1.165, 1.54) is 4.57 Å². The lowest BCUT2D eigenvalue weighted by Crippen LogP contribution is -2.44. The molecule has 10 nitrogen and oxygen atoms in total. The van der Waals surface area contributed by atoms with Gasteiger partial charge in [0.15, 0.2) is 11.2 Å². The zero-order valence-electron chi connectivity index (χ0n) is 18.7. The fourth-order valence-electron chi connectivity index (χ4n) is 3.86. The molecule has 3 heterocycles. The zero-order valence-corrected chi connectivity index (χ0v) is 18.7. The van der Waals surface area contributed by atoms with E-state index in [0.717, 1.165) is 30.7 Å². The first-order valence-corrected chi connectivity index (χ1v) is 10.8. The first-order chi connectivity index (χ1) is 16.0. The highest BCUT2D eigenvalue weighted by Gasteiger charge is 2.24. The molecule has 1 N–H and O–H groups in total. The fraction of sp³-hybridized carbons (Fsp3) is 0.391. The number of ether oxygens (including phenoxy) is 1. The summed E-state index contributed by atoms with van der Waals surface area (Å²) in [5, 5.41) is 3.30. The van der Waals surface area contributed by atoms with Crippen LogP contribution in [-0.2, 0) is 24.9 Å². The molecule has 0 amide bonds. The normalized spacial score (nSPS) is 13.6. The zero-order chi connectivity index (χ0) is 23.4. The number of rotatable bonds is 6. The summed E-state index contributed by atoms with van der Waals surface area (Å²) in [6.45, 7) is 4.93. The van der Waals surface area contributed by atoms with Crippen LogP contribution in [0.25, 0.3) is 11.2 Å². The molecular formula is C23H26N6O4. The number of hydrogen-bond acceptors (Lipinski definition) is 7. The maximum Gasteiger partial charge on any atom is 0.338 e. The highest BCUT2D eigenvalue weighted by molar-refractivity contribution is 5.89. The minimum Gasteiger partial charge on any atom is -0.460 e. The van der Waals surface area contributed by atoms with E-state index in [1.54, 1.807) is 48.9 Å². The third-order valence-electron chi connectivity index (χ3n) is 5.58. The second-order valence-corrected chi connectivity index (χ2v) is 7.63. The maximum absolute atomic E-state index is 13.4. The summed E-state index contributed by atoms with van der Waals surface area (Å²) >= 11 is 0. The van der Waals surface area contributed by atoms with Gasteiger partial charge in [0, 0.05) is 33.2 Å². The fourth-order valence-corrected chi connectivity index (χ4v) is 3.86. The Kier molecular flexibility index (Phi) is 6.60. The van der Waals surface area contributed by atoms with Crippen LogP contribution < -0.4 is 21.5 Å². The first kappa shape index (κ1) is 22.4. The molecule has 0 unspecified atom stereocenters. The molecule has 1 aliphatic rings. The summed E-state index contributed by atoms with van der Waals surface area (Å²) < 4.78 is 9.49. The van der Waals surface area contributed by atoms with Crippen molar-refractivity contribution in [2.45, 2.75) is 20.0 Å². The van der Waals surface area contributed by atoms with E-state index in [2.05, 4.69) is 27.0 Å². The Labute approximate surface area is 190 Å². The van der Waals surface area contributed by atoms with Gasteiger partial charge in [-0.05, 0) is 19.1 Å². The van der Waals surface area contributed by atoms with Gasteiger partial charge in [-0.15, -0.1) is 5.92 Å². The van der Waals surface area contributed by atoms with Gasteiger partial charge in [0.05, 0.1) is 18.7 Å². The first-order valence-electron chi connectivity index (χ1n) is 10.8. The second kappa shape index (κ2) is 9.75. The van der Waals surface area contributed by atoms with Crippen molar-refractivity contribution < 1.29 is 9.53 Å². The van der Waals surface area contributed by atoms with Crippen LogP contribution in [0.5, 0.6) is 0 Å². The molecule has 0 radical (unpaired) electrons. The molecule has 1 aliphatic heterocycles. The molecule has 0 saturated carbocycles. The SMILES string of the molecule is CC#CCn1c(N2CCNCC2)nc2c1c(=O)n(CCOC(=O)c1ccccc1)c(=O)n2C. The molecule has 0 spiro atoms. The van der Waals surface area contributed by atoms with E-state index >= 15 is 0 Å². The summed E-state index contributed by atoms with van der Waals surface area (Å²) in [6.07, 6.45) is 0. The Hall–Kier alpha value is -3.84. The van der Waals surface area contributed by atoms with Crippen LogP contribution >= 0.6 is 0 Å². The number of benzene rings is 1. The van der Waals surface area contributed by atoms with Gasteiger partial charge in [-0.2, -0.15) is 4.98 Å². The van der Waals surface area contributed by atoms with E-state index in [-0.39, 0.29) is 19.7 Å². The van der Waals surface area contributed by atoms with Crippen LogP contribution in [-0.4, -0.2) is 57.4 Å². The molecule has 0 aliphatic carbocycles. The number of esters is 1. The summed E-state index contributed by atoms with van der Waals surface area (Å²) in [7, 11) is 1.58. The minimum absolute atomic E-state index is 0.0619. The second-order valence-electron chi connectivity index (χ2n) is 7.63. The van der Waals surface area contributed by atoms with Crippen molar-refractivity contribution in [3.8, 4) is 11.8 Å². The molecular weight excluding hydrogens is 424 g/mol. The predicted octanol–water partition coefficient (Wildman–Crippen LogP) is 0.187.